The largest absolute Gasteiger partial charge is 0.573 e. The first-order chi connectivity index (χ1) is 12.5. The van der Waals surface area contributed by atoms with Crippen LogP contribution < -0.4 is 10.1 Å². The van der Waals surface area contributed by atoms with Gasteiger partial charge >= 0.3 is 12.3 Å². The van der Waals surface area contributed by atoms with Crippen LogP contribution in [0.4, 0.5) is 23.2 Å². The lowest BCUT2D eigenvalue weighted by Gasteiger charge is -2.14. The molecule has 1 atom stereocenters. The quantitative estimate of drug-likeness (QED) is 0.532. The number of rotatable bonds is 5. The highest BCUT2D eigenvalue weighted by atomic mass is 79.9. The van der Waals surface area contributed by atoms with E-state index in [1.54, 1.807) is 0 Å². The van der Waals surface area contributed by atoms with E-state index in [-0.39, 0.29) is 11.3 Å². The average molecular weight is 450 g/mol. The Morgan fingerprint density at radius 1 is 1.11 bits per heavy atom. The van der Waals surface area contributed by atoms with Crippen molar-refractivity contribution in [3.05, 3.63) is 58.3 Å². The molecule has 10 heteroatoms. The van der Waals surface area contributed by atoms with Crippen LogP contribution in [-0.4, -0.2) is 24.3 Å². The van der Waals surface area contributed by atoms with E-state index < -0.39 is 35.9 Å². The van der Waals surface area contributed by atoms with Gasteiger partial charge in [0.15, 0.2) is 6.10 Å². The zero-order valence-electron chi connectivity index (χ0n) is 13.6. The zero-order valence-corrected chi connectivity index (χ0v) is 15.2. The molecule has 0 radical (unpaired) electrons. The molecule has 0 spiro atoms. The minimum absolute atomic E-state index is 0.0942. The third kappa shape index (κ3) is 6.24. The van der Waals surface area contributed by atoms with Gasteiger partial charge in [-0.15, -0.1) is 13.2 Å². The van der Waals surface area contributed by atoms with Crippen molar-refractivity contribution in [2.75, 3.05) is 5.32 Å². The number of halogens is 5. The summed E-state index contributed by atoms with van der Waals surface area (Å²) in [6.07, 6.45) is -6.06. The van der Waals surface area contributed by atoms with Crippen molar-refractivity contribution < 1.29 is 36.6 Å². The average Bonchev–Trinajstić information content (AvgIpc) is 2.57. The van der Waals surface area contributed by atoms with Crippen LogP contribution in [-0.2, 0) is 9.53 Å². The molecular weight excluding hydrogens is 438 g/mol. The maximum atomic E-state index is 13.2. The van der Waals surface area contributed by atoms with Gasteiger partial charge in [0, 0.05) is 10.2 Å². The number of hydrogen-bond acceptors (Lipinski definition) is 4. The molecule has 0 heterocycles. The molecule has 0 aliphatic carbocycles. The fourth-order valence-corrected chi connectivity index (χ4v) is 2.32. The third-order valence-corrected chi connectivity index (χ3v) is 3.85. The molecule has 2 aromatic carbocycles. The molecule has 0 fully saturated rings. The van der Waals surface area contributed by atoms with Gasteiger partial charge < -0.3 is 14.8 Å². The molecule has 0 saturated carbocycles. The van der Waals surface area contributed by atoms with Crippen molar-refractivity contribution in [1.29, 1.82) is 0 Å². The first kappa shape index (κ1) is 20.7. The van der Waals surface area contributed by atoms with E-state index in [0.29, 0.717) is 4.47 Å². The van der Waals surface area contributed by atoms with Crippen LogP contribution in [0.3, 0.4) is 0 Å². The van der Waals surface area contributed by atoms with Gasteiger partial charge in [0.05, 0.1) is 5.56 Å². The van der Waals surface area contributed by atoms with Crippen LogP contribution in [0, 0.1) is 5.82 Å². The Morgan fingerprint density at radius 2 is 1.74 bits per heavy atom. The molecule has 1 amide bonds. The number of hydrogen-bond donors (Lipinski definition) is 1. The van der Waals surface area contributed by atoms with E-state index >= 15 is 0 Å². The zero-order chi connectivity index (χ0) is 20.2. The van der Waals surface area contributed by atoms with Crippen molar-refractivity contribution >= 4 is 33.5 Å². The summed E-state index contributed by atoms with van der Waals surface area (Å²) in [5, 5.41) is 2.38. The number of anilines is 1. The van der Waals surface area contributed by atoms with Crippen LogP contribution in [0.1, 0.15) is 17.3 Å². The van der Waals surface area contributed by atoms with Gasteiger partial charge in [0.25, 0.3) is 5.91 Å². The SMILES string of the molecule is CC(OC(=O)c1cc(F)ccc1Br)C(=O)Nc1ccc(OC(F)(F)F)cc1. The van der Waals surface area contributed by atoms with Crippen molar-refractivity contribution in [2.24, 2.45) is 0 Å². The van der Waals surface area contributed by atoms with Gasteiger partial charge in [-0.25, -0.2) is 9.18 Å². The Morgan fingerprint density at radius 3 is 2.33 bits per heavy atom. The smallest absolute Gasteiger partial charge is 0.449 e. The monoisotopic (exact) mass is 449 g/mol. The highest BCUT2D eigenvalue weighted by molar-refractivity contribution is 9.10. The predicted octanol–water partition coefficient (Wildman–Crippen LogP) is 4.67. The Kier molecular flexibility index (Phi) is 6.42. The molecule has 5 nitrogen and oxygen atoms in total. The predicted molar refractivity (Wildman–Crippen MR) is 90.7 cm³/mol. The summed E-state index contributed by atoms with van der Waals surface area (Å²) in [7, 11) is 0. The summed E-state index contributed by atoms with van der Waals surface area (Å²) in [4.78, 5) is 24.1. The van der Waals surface area contributed by atoms with Crippen LogP contribution in [0.2, 0.25) is 0 Å². The van der Waals surface area contributed by atoms with E-state index in [4.69, 9.17) is 4.74 Å². The number of carbonyl (C=O) groups is 2. The number of carbonyl (C=O) groups excluding carboxylic acids is 2. The Labute approximate surface area is 159 Å². The summed E-state index contributed by atoms with van der Waals surface area (Å²) in [5.41, 5.74) is 0.0765. The van der Waals surface area contributed by atoms with E-state index in [2.05, 4.69) is 26.0 Å². The van der Waals surface area contributed by atoms with Gasteiger partial charge in [-0.05, 0) is 65.3 Å². The van der Waals surface area contributed by atoms with Crippen LogP contribution in [0.25, 0.3) is 0 Å². The van der Waals surface area contributed by atoms with Crippen LogP contribution in [0.15, 0.2) is 46.9 Å². The summed E-state index contributed by atoms with van der Waals surface area (Å²) >= 11 is 3.08. The molecule has 27 heavy (non-hydrogen) atoms. The molecule has 2 aromatic rings. The highest BCUT2D eigenvalue weighted by Gasteiger charge is 2.31. The van der Waals surface area contributed by atoms with Gasteiger partial charge in [-0.2, -0.15) is 0 Å². The van der Waals surface area contributed by atoms with Gasteiger partial charge in [0.2, 0.25) is 0 Å². The van der Waals surface area contributed by atoms with Gasteiger partial charge in [-0.3, -0.25) is 4.79 Å². The first-order valence-corrected chi connectivity index (χ1v) is 8.17. The number of alkyl halides is 3. The lowest BCUT2D eigenvalue weighted by molar-refractivity contribution is -0.274. The number of ether oxygens (including phenoxy) is 2. The minimum atomic E-state index is -4.82. The Balaban J connectivity index is 1.97. The summed E-state index contributed by atoms with van der Waals surface area (Å²) in [5.74, 6) is -2.74. The molecule has 0 aliphatic heterocycles. The van der Waals surface area contributed by atoms with Crippen molar-refractivity contribution in [3.63, 3.8) is 0 Å². The van der Waals surface area contributed by atoms with Crippen molar-refractivity contribution in [3.8, 4) is 5.75 Å². The van der Waals surface area contributed by atoms with Crippen LogP contribution in [0.5, 0.6) is 5.75 Å². The molecule has 0 aliphatic rings. The summed E-state index contributed by atoms with van der Waals surface area (Å²) in [6, 6.07) is 7.83. The standard InChI is InChI=1S/C17H12BrF4NO4/c1-9(26-16(25)13-8-10(19)2-7-14(13)18)15(24)23-11-3-5-12(6-4-11)27-17(20,21)22/h2-9H,1H3,(H,23,24). The second-order valence-corrected chi connectivity index (χ2v) is 6.09. The van der Waals surface area contributed by atoms with E-state index in [0.717, 1.165) is 24.3 Å². The van der Waals surface area contributed by atoms with E-state index in [1.807, 2.05) is 0 Å². The molecule has 0 bridgehead atoms. The molecule has 144 valence electrons. The van der Waals surface area contributed by atoms with Gasteiger partial charge in [-0.1, -0.05) is 0 Å². The molecule has 1 N–H and O–H groups in total. The minimum Gasteiger partial charge on any atom is -0.449 e. The summed E-state index contributed by atoms with van der Waals surface area (Å²) < 4.78 is 58.5. The Bertz CT molecular complexity index is 840. The molecular formula is C17H12BrF4NO4. The van der Waals surface area contributed by atoms with Gasteiger partial charge in [0.1, 0.15) is 11.6 Å². The molecule has 0 saturated heterocycles. The lowest BCUT2D eigenvalue weighted by Crippen LogP contribution is -2.30. The topological polar surface area (TPSA) is 64.6 Å². The number of nitrogens with one attached hydrogen (secondary N) is 1. The lowest BCUT2D eigenvalue weighted by atomic mass is 10.2. The molecule has 0 aromatic heterocycles. The first-order valence-electron chi connectivity index (χ1n) is 7.38. The fourth-order valence-electron chi connectivity index (χ4n) is 1.92. The summed E-state index contributed by atoms with van der Waals surface area (Å²) in [6.45, 7) is 1.29. The number of amides is 1. The third-order valence-electron chi connectivity index (χ3n) is 3.16. The normalized spacial score (nSPS) is 12.2. The fraction of sp³-hybridized carbons (Fsp3) is 0.176. The highest BCUT2D eigenvalue weighted by Crippen LogP contribution is 2.24. The second kappa shape index (κ2) is 8.38. The van der Waals surface area contributed by atoms with Crippen molar-refractivity contribution in [2.45, 2.75) is 19.4 Å². The van der Waals surface area contributed by atoms with Crippen LogP contribution >= 0.6 is 15.9 Å². The van der Waals surface area contributed by atoms with E-state index in [9.17, 15) is 27.2 Å². The molecule has 2 rings (SSSR count). The number of esters is 1. The second-order valence-electron chi connectivity index (χ2n) is 5.23. The Hall–Kier alpha value is -2.62. The van der Waals surface area contributed by atoms with Crippen molar-refractivity contribution in [1.82, 2.24) is 0 Å². The maximum absolute atomic E-state index is 13.2. The number of benzene rings is 2. The molecule has 1 unspecified atom stereocenters. The van der Waals surface area contributed by atoms with E-state index in [1.165, 1.54) is 25.1 Å². The maximum Gasteiger partial charge on any atom is 0.573 e.